The molecule has 1 atom stereocenters. The quantitative estimate of drug-likeness (QED) is 0.831. The molecule has 2 nitrogen and oxygen atoms in total. The number of carbonyl (C=O) groups is 1. The van der Waals surface area contributed by atoms with Crippen LogP contribution < -0.4 is 5.32 Å². The Labute approximate surface area is 108 Å². The normalized spacial score (nSPS) is 19.8. The lowest BCUT2D eigenvalue weighted by atomic mass is 9.92. The summed E-state index contributed by atoms with van der Waals surface area (Å²) < 4.78 is 13.4. The summed E-state index contributed by atoms with van der Waals surface area (Å²) in [5, 5.41) is 3.34. The molecule has 1 unspecified atom stereocenters. The third-order valence-electron chi connectivity index (χ3n) is 3.67. The van der Waals surface area contributed by atoms with Gasteiger partial charge in [0.25, 0.3) is 0 Å². The Morgan fingerprint density at radius 1 is 1.50 bits per heavy atom. The molecule has 3 heteroatoms. The van der Waals surface area contributed by atoms with E-state index in [0.717, 1.165) is 19.5 Å². The van der Waals surface area contributed by atoms with Gasteiger partial charge in [-0.1, -0.05) is 12.1 Å². The summed E-state index contributed by atoms with van der Waals surface area (Å²) in [6.45, 7) is 3.81. The van der Waals surface area contributed by atoms with Gasteiger partial charge in [0.1, 0.15) is 5.82 Å². The smallest absolute Gasteiger partial charge is 0.162 e. The summed E-state index contributed by atoms with van der Waals surface area (Å²) >= 11 is 0. The van der Waals surface area contributed by atoms with Gasteiger partial charge in [0.15, 0.2) is 5.78 Å². The standard InChI is InChI=1S/C15H20FNO/c1-11-4-6-13(9-14(11)16)15(18)7-5-12-3-2-8-17-10-12/h4,6,9,12,17H,2-3,5,7-8,10H2,1H3. The first kappa shape index (κ1) is 13.2. The number of carbonyl (C=O) groups excluding carboxylic acids is 1. The Kier molecular flexibility index (Phi) is 4.48. The molecule has 0 amide bonds. The average molecular weight is 249 g/mol. The van der Waals surface area contributed by atoms with Crippen LogP contribution in [0.15, 0.2) is 18.2 Å². The number of hydrogen-bond donors (Lipinski definition) is 1. The molecule has 1 aromatic rings. The van der Waals surface area contributed by atoms with Gasteiger partial charge in [-0.05, 0) is 56.8 Å². The summed E-state index contributed by atoms with van der Waals surface area (Å²) in [6.07, 6.45) is 3.82. The first-order chi connectivity index (χ1) is 8.66. The van der Waals surface area contributed by atoms with Gasteiger partial charge in [-0.25, -0.2) is 4.39 Å². The number of hydrogen-bond acceptors (Lipinski definition) is 2. The molecule has 1 fully saturated rings. The highest BCUT2D eigenvalue weighted by Gasteiger charge is 2.15. The topological polar surface area (TPSA) is 29.1 Å². The molecule has 0 aliphatic carbocycles. The molecule has 0 spiro atoms. The number of benzene rings is 1. The van der Waals surface area contributed by atoms with E-state index in [4.69, 9.17) is 0 Å². The fourth-order valence-electron chi connectivity index (χ4n) is 2.42. The van der Waals surface area contributed by atoms with Gasteiger partial charge in [0.05, 0.1) is 0 Å². The molecule has 0 saturated carbocycles. The van der Waals surface area contributed by atoms with Crippen LogP contribution in [0.25, 0.3) is 0 Å². The lowest BCUT2D eigenvalue weighted by molar-refractivity contribution is 0.0971. The first-order valence-electron chi connectivity index (χ1n) is 6.67. The van der Waals surface area contributed by atoms with Gasteiger partial charge in [0, 0.05) is 12.0 Å². The third-order valence-corrected chi connectivity index (χ3v) is 3.67. The van der Waals surface area contributed by atoms with E-state index in [9.17, 15) is 9.18 Å². The summed E-state index contributed by atoms with van der Waals surface area (Å²) in [4.78, 5) is 12.0. The number of aryl methyl sites for hydroxylation is 1. The van der Waals surface area contributed by atoms with E-state index in [1.807, 2.05) is 0 Å². The minimum Gasteiger partial charge on any atom is -0.316 e. The Hall–Kier alpha value is -1.22. The van der Waals surface area contributed by atoms with Crippen LogP contribution in [0.3, 0.4) is 0 Å². The summed E-state index contributed by atoms with van der Waals surface area (Å²) in [7, 11) is 0. The highest BCUT2D eigenvalue weighted by atomic mass is 19.1. The van der Waals surface area contributed by atoms with Crippen LogP contribution >= 0.6 is 0 Å². The zero-order valence-corrected chi connectivity index (χ0v) is 10.8. The fourth-order valence-corrected chi connectivity index (χ4v) is 2.42. The second-order valence-corrected chi connectivity index (χ2v) is 5.14. The SMILES string of the molecule is Cc1ccc(C(=O)CCC2CCCNC2)cc1F. The van der Waals surface area contributed by atoms with Crippen LogP contribution in [0.2, 0.25) is 0 Å². The van der Waals surface area contributed by atoms with Crippen molar-refractivity contribution in [1.29, 1.82) is 0 Å². The number of ketones is 1. The van der Waals surface area contributed by atoms with E-state index in [-0.39, 0.29) is 11.6 Å². The number of nitrogens with one attached hydrogen (secondary N) is 1. The highest BCUT2D eigenvalue weighted by Crippen LogP contribution is 2.18. The van der Waals surface area contributed by atoms with Crippen molar-refractivity contribution in [2.24, 2.45) is 5.92 Å². The number of rotatable bonds is 4. The Balaban J connectivity index is 1.88. The third kappa shape index (κ3) is 3.39. The summed E-state index contributed by atoms with van der Waals surface area (Å²) in [5.74, 6) is 0.359. The second kappa shape index (κ2) is 6.10. The fraction of sp³-hybridized carbons (Fsp3) is 0.533. The van der Waals surface area contributed by atoms with Crippen molar-refractivity contribution in [1.82, 2.24) is 5.32 Å². The van der Waals surface area contributed by atoms with Crippen LogP contribution in [0.5, 0.6) is 0 Å². The monoisotopic (exact) mass is 249 g/mol. The van der Waals surface area contributed by atoms with Gasteiger partial charge >= 0.3 is 0 Å². The minimum absolute atomic E-state index is 0.0551. The van der Waals surface area contributed by atoms with Crippen molar-refractivity contribution in [3.05, 3.63) is 35.1 Å². The lowest BCUT2D eigenvalue weighted by Gasteiger charge is -2.22. The minimum atomic E-state index is -0.291. The average Bonchev–Trinajstić information content (AvgIpc) is 2.40. The van der Waals surface area contributed by atoms with E-state index in [2.05, 4.69) is 5.32 Å². The van der Waals surface area contributed by atoms with E-state index in [0.29, 0.717) is 23.5 Å². The summed E-state index contributed by atoms with van der Waals surface area (Å²) in [5.41, 5.74) is 1.09. The van der Waals surface area contributed by atoms with E-state index >= 15 is 0 Å². The Morgan fingerprint density at radius 2 is 2.33 bits per heavy atom. The van der Waals surface area contributed by atoms with E-state index in [1.165, 1.54) is 18.9 Å². The predicted molar refractivity (Wildman–Crippen MR) is 70.3 cm³/mol. The lowest BCUT2D eigenvalue weighted by Crippen LogP contribution is -2.30. The molecule has 0 radical (unpaired) electrons. The maximum Gasteiger partial charge on any atom is 0.162 e. The van der Waals surface area contributed by atoms with Gasteiger partial charge < -0.3 is 5.32 Å². The van der Waals surface area contributed by atoms with Gasteiger partial charge in [-0.15, -0.1) is 0 Å². The first-order valence-corrected chi connectivity index (χ1v) is 6.67. The van der Waals surface area contributed by atoms with Gasteiger partial charge in [-0.2, -0.15) is 0 Å². The Bertz CT molecular complexity index is 425. The van der Waals surface area contributed by atoms with Crippen LogP contribution in [-0.4, -0.2) is 18.9 Å². The van der Waals surface area contributed by atoms with Gasteiger partial charge in [-0.3, -0.25) is 4.79 Å². The number of piperidine rings is 1. The maximum absolute atomic E-state index is 13.4. The molecule has 1 aliphatic heterocycles. The molecule has 0 aromatic heterocycles. The van der Waals surface area contributed by atoms with Gasteiger partial charge in [0.2, 0.25) is 0 Å². The molecule has 2 rings (SSSR count). The molecular formula is C15H20FNO. The second-order valence-electron chi connectivity index (χ2n) is 5.14. The van der Waals surface area contributed by atoms with Crippen molar-refractivity contribution in [3.63, 3.8) is 0 Å². The van der Waals surface area contributed by atoms with Crippen molar-refractivity contribution in [3.8, 4) is 0 Å². The Morgan fingerprint density at radius 3 is 3.00 bits per heavy atom. The molecule has 1 saturated heterocycles. The largest absolute Gasteiger partial charge is 0.316 e. The summed E-state index contributed by atoms with van der Waals surface area (Å²) in [6, 6.07) is 4.75. The van der Waals surface area contributed by atoms with Crippen LogP contribution in [0.1, 0.15) is 41.6 Å². The van der Waals surface area contributed by atoms with E-state index < -0.39 is 0 Å². The molecule has 1 heterocycles. The predicted octanol–water partition coefficient (Wildman–Crippen LogP) is 3.10. The molecule has 0 bridgehead atoms. The number of halogens is 1. The molecule has 98 valence electrons. The zero-order valence-electron chi connectivity index (χ0n) is 10.8. The van der Waals surface area contributed by atoms with Crippen LogP contribution in [0.4, 0.5) is 4.39 Å². The molecule has 1 aliphatic rings. The van der Waals surface area contributed by atoms with Crippen molar-refractivity contribution in [2.75, 3.05) is 13.1 Å². The highest BCUT2D eigenvalue weighted by molar-refractivity contribution is 5.96. The van der Waals surface area contributed by atoms with E-state index in [1.54, 1.807) is 19.1 Å². The number of Topliss-reactive ketones (excluding diaryl/α,β-unsaturated/α-hetero) is 1. The van der Waals surface area contributed by atoms with Crippen molar-refractivity contribution >= 4 is 5.78 Å². The van der Waals surface area contributed by atoms with Crippen molar-refractivity contribution in [2.45, 2.75) is 32.6 Å². The molecular weight excluding hydrogens is 229 g/mol. The molecule has 1 aromatic carbocycles. The molecule has 18 heavy (non-hydrogen) atoms. The maximum atomic E-state index is 13.4. The zero-order chi connectivity index (χ0) is 13.0. The van der Waals surface area contributed by atoms with Crippen molar-refractivity contribution < 1.29 is 9.18 Å². The van der Waals surface area contributed by atoms with Crippen LogP contribution in [0, 0.1) is 18.7 Å². The van der Waals surface area contributed by atoms with Crippen LogP contribution in [-0.2, 0) is 0 Å². The molecule has 1 N–H and O–H groups in total.